The van der Waals surface area contributed by atoms with Crippen LogP contribution in [0.15, 0.2) is 18.2 Å². The second kappa shape index (κ2) is 5.20. The third-order valence-corrected chi connectivity index (χ3v) is 2.08. The molecule has 0 spiro atoms. The number of rotatable bonds is 2. The molecule has 1 rings (SSSR count). The van der Waals surface area contributed by atoms with E-state index in [0.717, 1.165) is 17.5 Å². The highest BCUT2D eigenvalue weighted by Gasteiger charge is 2.06. The first-order valence-electron chi connectivity index (χ1n) is 4.16. The van der Waals surface area contributed by atoms with E-state index >= 15 is 0 Å². The second-order valence-corrected chi connectivity index (χ2v) is 3.02. The van der Waals surface area contributed by atoms with E-state index in [4.69, 9.17) is 5.73 Å². The Morgan fingerprint density at radius 3 is 2.62 bits per heavy atom. The lowest BCUT2D eigenvalue weighted by atomic mass is 10.0. The minimum atomic E-state index is -0.209. The molecule has 0 aliphatic rings. The molecule has 1 aromatic carbocycles. The van der Waals surface area contributed by atoms with Gasteiger partial charge in [-0.25, -0.2) is 4.39 Å². The van der Waals surface area contributed by atoms with Crippen molar-refractivity contribution in [2.75, 3.05) is 0 Å². The van der Waals surface area contributed by atoms with Gasteiger partial charge in [0, 0.05) is 6.04 Å². The highest BCUT2D eigenvalue weighted by molar-refractivity contribution is 5.85. The molecule has 1 aromatic rings. The zero-order valence-electron chi connectivity index (χ0n) is 7.88. The van der Waals surface area contributed by atoms with Crippen molar-refractivity contribution < 1.29 is 4.39 Å². The molecule has 2 N–H and O–H groups in total. The molecule has 0 bridgehead atoms. The van der Waals surface area contributed by atoms with E-state index in [1.54, 1.807) is 6.07 Å². The van der Waals surface area contributed by atoms with Gasteiger partial charge in [-0.15, -0.1) is 12.4 Å². The lowest BCUT2D eigenvalue weighted by molar-refractivity contribution is 0.615. The highest BCUT2D eigenvalue weighted by atomic mass is 35.5. The van der Waals surface area contributed by atoms with Gasteiger partial charge < -0.3 is 5.73 Å². The summed E-state index contributed by atoms with van der Waals surface area (Å²) in [4.78, 5) is 0. The van der Waals surface area contributed by atoms with Gasteiger partial charge >= 0.3 is 0 Å². The van der Waals surface area contributed by atoms with Gasteiger partial charge in [0.1, 0.15) is 5.82 Å². The zero-order valence-corrected chi connectivity index (χ0v) is 8.70. The van der Waals surface area contributed by atoms with E-state index in [1.807, 2.05) is 13.8 Å². The molecule has 1 atom stereocenters. The predicted molar refractivity (Wildman–Crippen MR) is 55.6 cm³/mol. The predicted octanol–water partition coefficient (Wildman–Crippen LogP) is 2.97. The van der Waals surface area contributed by atoms with Gasteiger partial charge in [-0.2, -0.15) is 0 Å². The Balaban J connectivity index is 0.00000144. The summed E-state index contributed by atoms with van der Waals surface area (Å²) < 4.78 is 12.8. The smallest absolute Gasteiger partial charge is 0.123 e. The summed E-state index contributed by atoms with van der Waals surface area (Å²) in [7, 11) is 0. The maximum absolute atomic E-state index is 12.8. The first-order chi connectivity index (χ1) is 5.65. The van der Waals surface area contributed by atoms with Crippen molar-refractivity contribution in [1.82, 2.24) is 0 Å². The van der Waals surface area contributed by atoms with Crippen molar-refractivity contribution in [3.63, 3.8) is 0 Å². The van der Waals surface area contributed by atoms with Gasteiger partial charge in [-0.1, -0.05) is 13.0 Å². The lowest BCUT2D eigenvalue weighted by Crippen LogP contribution is -2.10. The van der Waals surface area contributed by atoms with E-state index in [0.29, 0.717) is 0 Å². The normalized spacial score (nSPS) is 12.0. The van der Waals surface area contributed by atoms with E-state index in [2.05, 4.69) is 0 Å². The summed E-state index contributed by atoms with van der Waals surface area (Å²) in [6.07, 6.45) is 0.838. The van der Waals surface area contributed by atoms with E-state index in [1.165, 1.54) is 12.1 Å². The molecule has 0 unspecified atom stereocenters. The summed E-state index contributed by atoms with van der Waals surface area (Å²) in [5, 5.41) is 0. The fourth-order valence-corrected chi connectivity index (χ4v) is 1.23. The molecular formula is C10H15ClFN. The molecule has 74 valence electrons. The Kier molecular flexibility index (Phi) is 4.96. The Morgan fingerprint density at radius 1 is 1.46 bits per heavy atom. The van der Waals surface area contributed by atoms with Crippen LogP contribution in [0.25, 0.3) is 0 Å². The van der Waals surface area contributed by atoms with Gasteiger partial charge in [0.2, 0.25) is 0 Å². The van der Waals surface area contributed by atoms with Gasteiger partial charge in [-0.3, -0.25) is 0 Å². The fourth-order valence-electron chi connectivity index (χ4n) is 1.23. The lowest BCUT2D eigenvalue weighted by Gasteiger charge is -2.11. The molecule has 0 aliphatic carbocycles. The molecule has 0 saturated carbocycles. The molecule has 0 amide bonds. The van der Waals surface area contributed by atoms with Crippen LogP contribution in [0.2, 0.25) is 0 Å². The van der Waals surface area contributed by atoms with Crippen molar-refractivity contribution in [2.24, 2.45) is 5.73 Å². The number of hydrogen-bond acceptors (Lipinski definition) is 1. The van der Waals surface area contributed by atoms with Crippen molar-refractivity contribution in [1.29, 1.82) is 0 Å². The molecule has 0 aromatic heterocycles. The quantitative estimate of drug-likeness (QED) is 0.786. The van der Waals surface area contributed by atoms with Crippen molar-refractivity contribution in [3.8, 4) is 0 Å². The Morgan fingerprint density at radius 2 is 2.08 bits per heavy atom. The standard InChI is InChI=1S/C10H14FN.ClH/c1-3-10(12)9-6-8(11)5-4-7(9)2;/h4-6,10H,3,12H2,1-2H3;1H/t10-;/m0./s1. The fraction of sp³-hybridized carbons (Fsp3) is 0.400. The number of aryl methyl sites for hydroxylation is 1. The minimum absolute atomic E-state index is 0. The van der Waals surface area contributed by atoms with Crippen LogP contribution >= 0.6 is 12.4 Å². The minimum Gasteiger partial charge on any atom is -0.324 e. The maximum atomic E-state index is 12.8. The van der Waals surface area contributed by atoms with Crippen LogP contribution in [-0.2, 0) is 0 Å². The number of halogens is 2. The van der Waals surface area contributed by atoms with E-state index in [9.17, 15) is 4.39 Å². The monoisotopic (exact) mass is 203 g/mol. The summed E-state index contributed by atoms with van der Waals surface area (Å²) in [6, 6.07) is 4.70. The topological polar surface area (TPSA) is 26.0 Å². The van der Waals surface area contributed by atoms with Crippen LogP contribution in [0.5, 0.6) is 0 Å². The van der Waals surface area contributed by atoms with Gasteiger partial charge in [0.15, 0.2) is 0 Å². The van der Waals surface area contributed by atoms with Crippen LogP contribution in [0.4, 0.5) is 4.39 Å². The number of benzene rings is 1. The van der Waals surface area contributed by atoms with Crippen LogP contribution in [0.1, 0.15) is 30.5 Å². The van der Waals surface area contributed by atoms with E-state index < -0.39 is 0 Å². The number of nitrogens with two attached hydrogens (primary N) is 1. The summed E-state index contributed by atoms with van der Waals surface area (Å²) >= 11 is 0. The molecule has 0 radical (unpaired) electrons. The Labute approximate surface area is 84.5 Å². The maximum Gasteiger partial charge on any atom is 0.123 e. The number of hydrogen-bond donors (Lipinski definition) is 1. The SMILES string of the molecule is CC[C@H](N)c1cc(F)ccc1C.Cl. The van der Waals surface area contributed by atoms with Gasteiger partial charge in [0.05, 0.1) is 0 Å². The highest BCUT2D eigenvalue weighted by Crippen LogP contribution is 2.18. The average Bonchev–Trinajstić information content (AvgIpc) is 2.08. The average molecular weight is 204 g/mol. The Bertz CT molecular complexity index is 276. The largest absolute Gasteiger partial charge is 0.324 e. The molecular weight excluding hydrogens is 189 g/mol. The van der Waals surface area contributed by atoms with Gasteiger partial charge in [0.25, 0.3) is 0 Å². The summed E-state index contributed by atoms with van der Waals surface area (Å²) in [5.41, 5.74) is 7.77. The second-order valence-electron chi connectivity index (χ2n) is 3.02. The van der Waals surface area contributed by atoms with E-state index in [-0.39, 0.29) is 24.3 Å². The third kappa shape index (κ3) is 2.98. The Hall–Kier alpha value is -0.600. The molecule has 0 saturated heterocycles. The first-order valence-corrected chi connectivity index (χ1v) is 4.16. The zero-order chi connectivity index (χ0) is 9.14. The molecule has 13 heavy (non-hydrogen) atoms. The molecule has 3 heteroatoms. The molecule has 0 aliphatic heterocycles. The first kappa shape index (κ1) is 12.4. The van der Waals surface area contributed by atoms with Crippen molar-refractivity contribution in [3.05, 3.63) is 35.1 Å². The van der Waals surface area contributed by atoms with Crippen molar-refractivity contribution >= 4 is 12.4 Å². The summed E-state index contributed by atoms with van der Waals surface area (Å²) in [6.45, 7) is 3.94. The van der Waals surface area contributed by atoms with Crippen LogP contribution in [-0.4, -0.2) is 0 Å². The molecule has 0 fully saturated rings. The van der Waals surface area contributed by atoms with Crippen LogP contribution in [0.3, 0.4) is 0 Å². The van der Waals surface area contributed by atoms with Gasteiger partial charge in [-0.05, 0) is 36.6 Å². The molecule has 0 heterocycles. The van der Waals surface area contributed by atoms with Crippen LogP contribution in [0, 0.1) is 12.7 Å². The molecule has 1 nitrogen and oxygen atoms in total. The van der Waals surface area contributed by atoms with Crippen LogP contribution < -0.4 is 5.73 Å². The summed E-state index contributed by atoms with van der Waals surface area (Å²) in [5.74, 6) is -0.209. The third-order valence-electron chi connectivity index (χ3n) is 2.08. The van der Waals surface area contributed by atoms with Crippen molar-refractivity contribution in [2.45, 2.75) is 26.3 Å².